The van der Waals surface area contributed by atoms with Crippen molar-refractivity contribution in [1.82, 2.24) is 5.32 Å². The minimum atomic E-state index is -0.361. The number of carbonyl (C=O) groups is 1. The molecule has 0 aliphatic carbocycles. The largest absolute Gasteiger partial charge is 0.393 e. The lowest BCUT2D eigenvalue weighted by Crippen LogP contribution is -2.25. The molecule has 1 aromatic heterocycles. The Balaban J connectivity index is 2.40. The van der Waals surface area contributed by atoms with E-state index in [0.717, 1.165) is 11.3 Å². The van der Waals surface area contributed by atoms with Crippen LogP contribution in [0.15, 0.2) is 12.1 Å². The third-order valence-corrected chi connectivity index (χ3v) is 3.31. The van der Waals surface area contributed by atoms with Crippen LogP contribution in [0.3, 0.4) is 0 Å². The van der Waals surface area contributed by atoms with E-state index in [9.17, 15) is 4.79 Å². The van der Waals surface area contributed by atoms with Crippen LogP contribution in [0, 0.1) is 0 Å². The summed E-state index contributed by atoms with van der Waals surface area (Å²) in [6.45, 7) is 4.31. The maximum absolute atomic E-state index is 11.6. The Kier molecular flexibility index (Phi) is 4.78. The summed E-state index contributed by atoms with van der Waals surface area (Å²) >= 11 is 1.53. The fourth-order valence-corrected chi connectivity index (χ4v) is 2.04. The molecule has 1 amide bonds. The fraction of sp³-hybridized carbons (Fsp3) is 0.545. The highest BCUT2D eigenvalue weighted by Crippen LogP contribution is 2.16. The maximum atomic E-state index is 11.6. The predicted octanol–water partition coefficient (Wildman–Crippen LogP) is 1.81. The second-order valence-electron chi connectivity index (χ2n) is 3.51. The third-order valence-electron chi connectivity index (χ3n) is 2.08. The van der Waals surface area contributed by atoms with E-state index >= 15 is 0 Å². The number of carbonyl (C=O) groups excluding carboxylic acids is 1. The number of amides is 1. The Hall–Kier alpha value is -0.870. The molecule has 0 spiro atoms. The van der Waals surface area contributed by atoms with Crippen LogP contribution in [0.4, 0.5) is 0 Å². The van der Waals surface area contributed by atoms with Gasteiger partial charge in [0, 0.05) is 11.4 Å². The van der Waals surface area contributed by atoms with Crippen LogP contribution >= 0.6 is 11.3 Å². The van der Waals surface area contributed by atoms with Crippen LogP contribution in [0.1, 0.15) is 34.8 Å². The first kappa shape index (κ1) is 12.2. The van der Waals surface area contributed by atoms with E-state index in [-0.39, 0.29) is 12.0 Å². The maximum Gasteiger partial charge on any atom is 0.261 e. The van der Waals surface area contributed by atoms with Crippen molar-refractivity contribution < 1.29 is 9.90 Å². The molecule has 15 heavy (non-hydrogen) atoms. The molecule has 0 aliphatic rings. The van der Waals surface area contributed by atoms with Crippen molar-refractivity contribution >= 4 is 17.2 Å². The zero-order chi connectivity index (χ0) is 11.3. The Labute approximate surface area is 94.1 Å². The van der Waals surface area contributed by atoms with Gasteiger partial charge >= 0.3 is 0 Å². The van der Waals surface area contributed by atoms with E-state index in [1.54, 1.807) is 6.92 Å². The number of hydrogen-bond donors (Lipinski definition) is 2. The molecule has 1 heterocycles. The van der Waals surface area contributed by atoms with Crippen molar-refractivity contribution in [1.29, 1.82) is 0 Å². The minimum absolute atomic E-state index is 0.0413. The van der Waals surface area contributed by atoms with Crippen molar-refractivity contribution in [2.75, 3.05) is 6.54 Å². The molecular weight excluding hydrogens is 210 g/mol. The number of thiophene rings is 1. The van der Waals surface area contributed by atoms with Crippen molar-refractivity contribution in [3.63, 3.8) is 0 Å². The fourth-order valence-electron chi connectivity index (χ4n) is 1.17. The first-order valence-corrected chi connectivity index (χ1v) is 6.00. The van der Waals surface area contributed by atoms with Gasteiger partial charge in [-0.2, -0.15) is 0 Å². The van der Waals surface area contributed by atoms with Gasteiger partial charge in [-0.15, -0.1) is 11.3 Å². The zero-order valence-corrected chi connectivity index (χ0v) is 9.93. The molecule has 84 valence electrons. The van der Waals surface area contributed by atoms with E-state index in [4.69, 9.17) is 5.11 Å². The Morgan fingerprint density at radius 3 is 2.87 bits per heavy atom. The minimum Gasteiger partial charge on any atom is -0.393 e. The summed E-state index contributed by atoms with van der Waals surface area (Å²) in [5, 5.41) is 11.8. The van der Waals surface area contributed by atoms with Gasteiger partial charge in [0.25, 0.3) is 5.91 Å². The monoisotopic (exact) mass is 227 g/mol. The van der Waals surface area contributed by atoms with Gasteiger partial charge in [-0.25, -0.2) is 0 Å². The predicted molar refractivity (Wildman–Crippen MR) is 62.3 cm³/mol. The van der Waals surface area contributed by atoms with Crippen molar-refractivity contribution in [2.24, 2.45) is 0 Å². The van der Waals surface area contributed by atoms with Gasteiger partial charge in [-0.05, 0) is 31.9 Å². The molecular formula is C11H17NO2S. The summed E-state index contributed by atoms with van der Waals surface area (Å²) in [7, 11) is 0. The van der Waals surface area contributed by atoms with Crippen LogP contribution in [0.5, 0.6) is 0 Å². The standard InChI is InChI=1S/C11H17NO2S/c1-3-9-4-5-10(15-9)11(14)12-7-6-8(2)13/h4-5,8,13H,3,6-7H2,1-2H3,(H,12,14). The quantitative estimate of drug-likeness (QED) is 0.806. The van der Waals surface area contributed by atoms with Gasteiger partial charge < -0.3 is 10.4 Å². The number of aliphatic hydroxyl groups is 1. The summed E-state index contributed by atoms with van der Waals surface area (Å²) < 4.78 is 0. The topological polar surface area (TPSA) is 49.3 Å². The highest BCUT2D eigenvalue weighted by molar-refractivity contribution is 7.14. The lowest BCUT2D eigenvalue weighted by Gasteiger charge is -2.04. The molecule has 4 heteroatoms. The van der Waals surface area contributed by atoms with Crippen LogP contribution in [-0.2, 0) is 6.42 Å². The Morgan fingerprint density at radius 1 is 1.60 bits per heavy atom. The van der Waals surface area contributed by atoms with Gasteiger partial charge in [0.15, 0.2) is 0 Å². The molecule has 0 aliphatic heterocycles. The normalized spacial score (nSPS) is 12.5. The van der Waals surface area contributed by atoms with Crippen molar-refractivity contribution in [3.8, 4) is 0 Å². The zero-order valence-electron chi connectivity index (χ0n) is 9.12. The lowest BCUT2D eigenvalue weighted by atomic mass is 10.3. The number of aryl methyl sites for hydroxylation is 1. The lowest BCUT2D eigenvalue weighted by molar-refractivity contribution is 0.0949. The average molecular weight is 227 g/mol. The molecule has 1 aromatic rings. The summed E-state index contributed by atoms with van der Waals surface area (Å²) in [4.78, 5) is 13.5. The molecule has 0 aromatic carbocycles. The van der Waals surface area contributed by atoms with Gasteiger partial charge in [-0.1, -0.05) is 6.92 Å². The molecule has 3 nitrogen and oxygen atoms in total. The van der Waals surface area contributed by atoms with Gasteiger partial charge in [-0.3, -0.25) is 4.79 Å². The first-order chi connectivity index (χ1) is 7.13. The second kappa shape index (κ2) is 5.88. The van der Waals surface area contributed by atoms with E-state index in [0.29, 0.717) is 13.0 Å². The van der Waals surface area contributed by atoms with Crippen LogP contribution in [-0.4, -0.2) is 23.7 Å². The smallest absolute Gasteiger partial charge is 0.261 e. The van der Waals surface area contributed by atoms with Crippen molar-refractivity contribution in [3.05, 3.63) is 21.9 Å². The number of aliphatic hydroxyl groups excluding tert-OH is 1. The van der Waals surface area contributed by atoms with Gasteiger partial charge in [0.1, 0.15) is 0 Å². The molecule has 0 saturated carbocycles. The number of hydrogen-bond acceptors (Lipinski definition) is 3. The van der Waals surface area contributed by atoms with E-state index < -0.39 is 0 Å². The van der Waals surface area contributed by atoms with Crippen LogP contribution in [0.25, 0.3) is 0 Å². The molecule has 0 radical (unpaired) electrons. The van der Waals surface area contributed by atoms with Gasteiger partial charge in [0.2, 0.25) is 0 Å². The molecule has 0 fully saturated rings. The van der Waals surface area contributed by atoms with Crippen molar-refractivity contribution in [2.45, 2.75) is 32.8 Å². The first-order valence-electron chi connectivity index (χ1n) is 5.18. The Bertz CT molecular complexity index is 320. The van der Waals surface area contributed by atoms with Crippen LogP contribution < -0.4 is 5.32 Å². The Morgan fingerprint density at radius 2 is 2.33 bits per heavy atom. The molecule has 1 atom stereocenters. The highest BCUT2D eigenvalue weighted by Gasteiger charge is 2.08. The van der Waals surface area contributed by atoms with E-state index in [1.165, 1.54) is 16.2 Å². The van der Waals surface area contributed by atoms with Crippen LogP contribution in [0.2, 0.25) is 0 Å². The number of nitrogens with one attached hydrogen (secondary N) is 1. The average Bonchev–Trinajstić information content (AvgIpc) is 2.65. The molecule has 1 unspecified atom stereocenters. The number of rotatable bonds is 5. The van der Waals surface area contributed by atoms with E-state index in [1.807, 2.05) is 12.1 Å². The summed E-state index contributed by atoms with van der Waals surface area (Å²) in [6, 6.07) is 3.83. The molecule has 0 saturated heterocycles. The third kappa shape index (κ3) is 4.01. The molecule has 2 N–H and O–H groups in total. The molecule has 0 bridgehead atoms. The molecule has 1 rings (SSSR count). The summed E-state index contributed by atoms with van der Waals surface area (Å²) in [5.41, 5.74) is 0. The summed E-state index contributed by atoms with van der Waals surface area (Å²) in [5.74, 6) is -0.0413. The second-order valence-corrected chi connectivity index (χ2v) is 4.68. The SMILES string of the molecule is CCc1ccc(C(=O)NCCC(C)O)s1. The van der Waals surface area contributed by atoms with Gasteiger partial charge in [0.05, 0.1) is 11.0 Å². The van der Waals surface area contributed by atoms with E-state index in [2.05, 4.69) is 12.2 Å². The highest BCUT2D eigenvalue weighted by atomic mass is 32.1. The summed E-state index contributed by atoms with van der Waals surface area (Å²) in [6.07, 6.45) is 1.20.